The molecule has 16 heavy (non-hydrogen) atoms. The highest BCUT2D eigenvalue weighted by Crippen LogP contribution is 2.27. The highest BCUT2D eigenvalue weighted by Gasteiger charge is 2.09. The van der Waals surface area contributed by atoms with E-state index in [9.17, 15) is 9.90 Å². The molecule has 0 aliphatic carbocycles. The van der Waals surface area contributed by atoms with Gasteiger partial charge in [-0.25, -0.2) is 0 Å². The van der Waals surface area contributed by atoms with Gasteiger partial charge in [-0.05, 0) is 36.2 Å². The number of hydrogen-bond donors (Lipinski definition) is 1. The maximum Gasteiger partial charge on any atom is 0.160 e. The van der Waals surface area contributed by atoms with Gasteiger partial charge in [0, 0.05) is 5.56 Å². The molecule has 2 rings (SSSR count). The Labute approximate surface area is 94.2 Å². The molecule has 2 aromatic rings. The van der Waals surface area contributed by atoms with Crippen molar-refractivity contribution < 1.29 is 9.90 Å². The summed E-state index contributed by atoms with van der Waals surface area (Å²) in [5, 5.41) is 9.47. The fourth-order valence-electron chi connectivity index (χ4n) is 1.70. The summed E-state index contributed by atoms with van der Waals surface area (Å²) in [4.78, 5) is 11.5. The molecule has 0 saturated heterocycles. The quantitative estimate of drug-likeness (QED) is 0.776. The predicted octanol–water partition coefficient (Wildman–Crippen LogP) is 3.26. The van der Waals surface area contributed by atoms with Crippen LogP contribution < -0.4 is 0 Å². The van der Waals surface area contributed by atoms with E-state index in [4.69, 9.17) is 0 Å². The van der Waals surface area contributed by atoms with Gasteiger partial charge in [0.1, 0.15) is 5.75 Å². The van der Waals surface area contributed by atoms with Gasteiger partial charge in [-0.15, -0.1) is 0 Å². The van der Waals surface area contributed by atoms with Crippen LogP contribution in [0.5, 0.6) is 5.75 Å². The average molecular weight is 212 g/mol. The molecule has 2 nitrogen and oxygen atoms in total. The van der Waals surface area contributed by atoms with Gasteiger partial charge in [-0.3, -0.25) is 4.79 Å². The number of aromatic hydroxyl groups is 1. The normalized spacial score (nSPS) is 10.1. The molecule has 0 aliphatic rings. The molecule has 2 heteroatoms. The van der Waals surface area contributed by atoms with E-state index < -0.39 is 0 Å². The van der Waals surface area contributed by atoms with Crippen molar-refractivity contribution in [2.24, 2.45) is 0 Å². The van der Waals surface area contributed by atoms with Crippen LogP contribution >= 0.6 is 0 Å². The summed E-state index contributed by atoms with van der Waals surface area (Å²) in [6.45, 7) is 1.53. The minimum absolute atomic E-state index is 0.00106. The number of hydrogen-bond acceptors (Lipinski definition) is 2. The predicted molar refractivity (Wildman–Crippen MR) is 63.5 cm³/mol. The van der Waals surface area contributed by atoms with E-state index in [0.29, 0.717) is 5.56 Å². The summed E-state index contributed by atoms with van der Waals surface area (Å²) in [6.07, 6.45) is 0. The Balaban J connectivity index is 2.63. The van der Waals surface area contributed by atoms with Crippen molar-refractivity contribution in [1.29, 1.82) is 0 Å². The van der Waals surface area contributed by atoms with Gasteiger partial charge in [-0.2, -0.15) is 0 Å². The molecule has 0 amide bonds. The van der Waals surface area contributed by atoms with Crippen LogP contribution in [0.15, 0.2) is 48.5 Å². The second kappa shape index (κ2) is 4.19. The van der Waals surface area contributed by atoms with Crippen LogP contribution in [0.4, 0.5) is 0 Å². The number of phenols is 1. The van der Waals surface area contributed by atoms with Gasteiger partial charge in [0.15, 0.2) is 5.78 Å². The molecule has 80 valence electrons. The maximum atomic E-state index is 11.5. The monoisotopic (exact) mass is 212 g/mol. The summed E-state index contributed by atoms with van der Waals surface area (Å²) in [7, 11) is 0. The zero-order valence-corrected chi connectivity index (χ0v) is 8.97. The lowest BCUT2D eigenvalue weighted by Crippen LogP contribution is -1.95. The molecule has 0 aromatic heterocycles. The van der Waals surface area contributed by atoms with Gasteiger partial charge < -0.3 is 5.11 Å². The second-order valence-corrected chi connectivity index (χ2v) is 3.65. The average Bonchev–Trinajstić information content (AvgIpc) is 2.29. The first-order chi connectivity index (χ1) is 7.68. The minimum Gasteiger partial charge on any atom is -0.508 e. The van der Waals surface area contributed by atoms with E-state index >= 15 is 0 Å². The van der Waals surface area contributed by atoms with E-state index in [-0.39, 0.29) is 11.5 Å². The van der Waals surface area contributed by atoms with Crippen molar-refractivity contribution in [3.8, 4) is 16.9 Å². The molecule has 0 radical (unpaired) electrons. The van der Waals surface area contributed by atoms with Crippen molar-refractivity contribution >= 4 is 5.78 Å². The first-order valence-electron chi connectivity index (χ1n) is 5.08. The maximum absolute atomic E-state index is 11.5. The Bertz CT molecular complexity index is 516. The first kappa shape index (κ1) is 10.4. The number of benzene rings is 2. The lowest BCUT2D eigenvalue weighted by Gasteiger charge is -2.07. The second-order valence-electron chi connectivity index (χ2n) is 3.65. The van der Waals surface area contributed by atoms with E-state index in [2.05, 4.69) is 0 Å². The third-order valence-electron chi connectivity index (χ3n) is 2.47. The van der Waals surface area contributed by atoms with Crippen LogP contribution in [0.3, 0.4) is 0 Å². The largest absolute Gasteiger partial charge is 0.508 e. The molecule has 0 spiro atoms. The van der Waals surface area contributed by atoms with Crippen LogP contribution in [-0.4, -0.2) is 10.9 Å². The molecule has 0 bridgehead atoms. The summed E-state index contributed by atoms with van der Waals surface area (Å²) in [5.74, 6) is 0.169. The molecule has 2 aromatic carbocycles. The summed E-state index contributed by atoms with van der Waals surface area (Å²) >= 11 is 0. The Morgan fingerprint density at radius 2 is 1.75 bits per heavy atom. The molecule has 0 saturated carbocycles. The van der Waals surface area contributed by atoms with Gasteiger partial charge in [-0.1, -0.05) is 30.3 Å². The molecular weight excluding hydrogens is 200 g/mol. The highest BCUT2D eigenvalue weighted by molar-refractivity contribution is 6.01. The number of phenolic OH excluding ortho intramolecular Hbond substituents is 1. The van der Waals surface area contributed by atoms with Crippen molar-refractivity contribution in [1.82, 2.24) is 0 Å². The Hall–Kier alpha value is -2.09. The molecule has 1 N–H and O–H groups in total. The fourth-order valence-corrected chi connectivity index (χ4v) is 1.70. The lowest BCUT2D eigenvalue weighted by molar-refractivity contribution is 0.101. The standard InChI is InChI=1S/C14H12O2/c1-10(15)13-8-7-12(16)9-14(13)11-5-3-2-4-6-11/h2-9,16H,1H3. The van der Waals surface area contributed by atoms with Crippen molar-refractivity contribution in [2.45, 2.75) is 6.92 Å². The minimum atomic E-state index is -0.00106. The van der Waals surface area contributed by atoms with Gasteiger partial charge >= 0.3 is 0 Å². The molecule has 0 fully saturated rings. The Morgan fingerprint density at radius 1 is 1.06 bits per heavy atom. The molecule has 0 unspecified atom stereocenters. The van der Waals surface area contributed by atoms with Crippen LogP contribution in [0.2, 0.25) is 0 Å². The Morgan fingerprint density at radius 3 is 2.38 bits per heavy atom. The number of ketones is 1. The summed E-state index contributed by atoms with van der Waals surface area (Å²) in [5.41, 5.74) is 2.33. The molecule has 0 atom stereocenters. The van der Waals surface area contributed by atoms with Crippen molar-refractivity contribution in [3.05, 3.63) is 54.1 Å². The van der Waals surface area contributed by atoms with Crippen LogP contribution in [-0.2, 0) is 0 Å². The van der Waals surface area contributed by atoms with Gasteiger partial charge in [0.25, 0.3) is 0 Å². The SMILES string of the molecule is CC(=O)c1ccc(O)cc1-c1ccccc1. The highest BCUT2D eigenvalue weighted by atomic mass is 16.3. The Kier molecular flexibility index (Phi) is 2.73. The molecule has 0 aliphatic heterocycles. The van der Waals surface area contributed by atoms with Crippen LogP contribution in [0.25, 0.3) is 11.1 Å². The van der Waals surface area contributed by atoms with E-state index in [1.54, 1.807) is 12.1 Å². The van der Waals surface area contributed by atoms with Crippen molar-refractivity contribution in [3.63, 3.8) is 0 Å². The molecular formula is C14H12O2. The van der Waals surface area contributed by atoms with Gasteiger partial charge in [0.2, 0.25) is 0 Å². The number of Topliss-reactive ketones (excluding diaryl/α,β-unsaturated/α-hetero) is 1. The van der Waals surface area contributed by atoms with Crippen LogP contribution in [0.1, 0.15) is 17.3 Å². The van der Waals surface area contributed by atoms with Crippen LogP contribution in [0, 0.1) is 0 Å². The number of rotatable bonds is 2. The summed E-state index contributed by atoms with van der Waals surface area (Å²) in [6, 6.07) is 14.4. The third kappa shape index (κ3) is 1.96. The van der Waals surface area contributed by atoms with Gasteiger partial charge in [0.05, 0.1) is 0 Å². The lowest BCUT2D eigenvalue weighted by atomic mass is 9.97. The molecule has 0 heterocycles. The summed E-state index contributed by atoms with van der Waals surface area (Å²) < 4.78 is 0. The number of carbonyl (C=O) groups excluding carboxylic acids is 1. The third-order valence-corrected chi connectivity index (χ3v) is 2.47. The zero-order valence-electron chi connectivity index (χ0n) is 8.97. The number of carbonyl (C=O) groups is 1. The zero-order chi connectivity index (χ0) is 11.5. The topological polar surface area (TPSA) is 37.3 Å². The smallest absolute Gasteiger partial charge is 0.160 e. The van der Waals surface area contributed by atoms with Crippen molar-refractivity contribution in [2.75, 3.05) is 0 Å². The van der Waals surface area contributed by atoms with E-state index in [0.717, 1.165) is 11.1 Å². The first-order valence-corrected chi connectivity index (χ1v) is 5.08. The fraction of sp³-hybridized carbons (Fsp3) is 0.0714. The van der Waals surface area contributed by atoms with E-state index in [1.165, 1.54) is 13.0 Å². The van der Waals surface area contributed by atoms with E-state index in [1.807, 2.05) is 30.3 Å².